The van der Waals surface area contributed by atoms with Gasteiger partial charge < -0.3 is 4.74 Å². The lowest BCUT2D eigenvalue weighted by Gasteiger charge is -2.24. The third-order valence-corrected chi connectivity index (χ3v) is 5.14. The van der Waals surface area contributed by atoms with Crippen LogP contribution in [0.4, 0.5) is 5.69 Å². The first kappa shape index (κ1) is 15.4. The molecule has 0 radical (unpaired) electrons. The third-order valence-electron chi connectivity index (χ3n) is 4.15. The van der Waals surface area contributed by atoms with Crippen molar-refractivity contribution in [1.82, 2.24) is 0 Å². The van der Waals surface area contributed by atoms with Gasteiger partial charge in [0.15, 0.2) is 0 Å². The second kappa shape index (κ2) is 7.19. The summed E-state index contributed by atoms with van der Waals surface area (Å²) in [4.78, 5) is 6.07. The maximum absolute atomic E-state index is 5.87. The van der Waals surface area contributed by atoms with Gasteiger partial charge in [-0.3, -0.25) is 0 Å². The highest BCUT2D eigenvalue weighted by Gasteiger charge is 2.31. The van der Waals surface area contributed by atoms with Gasteiger partial charge in [-0.25, -0.2) is 4.99 Å². The molecule has 1 aromatic rings. The normalized spacial score (nSPS) is 21.6. The minimum atomic E-state index is 0.528. The fourth-order valence-corrected chi connectivity index (χ4v) is 4.23. The van der Waals surface area contributed by atoms with Gasteiger partial charge in [0.25, 0.3) is 0 Å². The third kappa shape index (κ3) is 3.46. The Labute approximate surface area is 137 Å². The Morgan fingerprint density at radius 2 is 2.09 bits per heavy atom. The van der Waals surface area contributed by atoms with Crippen LogP contribution in [0.15, 0.2) is 57.6 Å². The Morgan fingerprint density at radius 3 is 2.86 bits per heavy atom. The van der Waals surface area contributed by atoms with E-state index in [2.05, 4.69) is 19.9 Å². The van der Waals surface area contributed by atoms with Gasteiger partial charge in [-0.2, -0.15) is 0 Å². The molecule has 1 fully saturated rings. The second-order valence-corrected chi connectivity index (χ2v) is 6.97. The lowest BCUT2D eigenvalue weighted by molar-refractivity contribution is 0.194. The summed E-state index contributed by atoms with van der Waals surface area (Å²) < 4.78 is 5.87. The van der Waals surface area contributed by atoms with E-state index in [1.54, 1.807) is 17.3 Å². The number of fused-ring (bicyclic) bond motifs is 1. The Balaban J connectivity index is 1.79. The fourth-order valence-electron chi connectivity index (χ4n) is 3.21. The summed E-state index contributed by atoms with van der Waals surface area (Å²) in [6.07, 6.45) is 7.31. The SMILES string of the molecule is CCOC1=CC(SC(C)=Nc2ccccc2)=C2CCCCC12. The van der Waals surface area contributed by atoms with Crippen molar-refractivity contribution in [3.63, 3.8) is 0 Å². The molecular weight excluding hydrogens is 290 g/mol. The molecule has 0 aromatic heterocycles. The van der Waals surface area contributed by atoms with Gasteiger partial charge in [0.1, 0.15) is 5.76 Å². The van der Waals surface area contributed by atoms with Gasteiger partial charge in [0.05, 0.1) is 17.3 Å². The highest BCUT2D eigenvalue weighted by Crippen LogP contribution is 2.46. The van der Waals surface area contributed by atoms with E-state index in [9.17, 15) is 0 Å². The number of ether oxygens (including phenoxy) is 1. The van der Waals surface area contributed by atoms with Crippen LogP contribution in [0, 0.1) is 5.92 Å². The van der Waals surface area contributed by atoms with Crippen molar-refractivity contribution in [1.29, 1.82) is 0 Å². The van der Waals surface area contributed by atoms with Crippen LogP contribution in [0.2, 0.25) is 0 Å². The molecule has 2 nitrogen and oxygen atoms in total. The van der Waals surface area contributed by atoms with E-state index < -0.39 is 0 Å². The van der Waals surface area contributed by atoms with Crippen molar-refractivity contribution in [2.45, 2.75) is 39.5 Å². The van der Waals surface area contributed by atoms with Crippen LogP contribution < -0.4 is 0 Å². The zero-order valence-corrected chi connectivity index (χ0v) is 14.2. The summed E-state index contributed by atoms with van der Waals surface area (Å²) in [5.41, 5.74) is 2.59. The summed E-state index contributed by atoms with van der Waals surface area (Å²) in [5, 5.41) is 1.09. The smallest absolute Gasteiger partial charge is 0.104 e. The number of para-hydroxylation sites is 1. The van der Waals surface area contributed by atoms with Crippen LogP contribution in [-0.2, 0) is 4.74 Å². The molecule has 0 N–H and O–H groups in total. The summed E-state index contributed by atoms with van der Waals surface area (Å²) in [6, 6.07) is 10.2. The number of thioether (sulfide) groups is 1. The van der Waals surface area contributed by atoms with E-state index in [0.29, 0.717) is 5.92 Å². The van der Waals surface area contributed by atoms with Gasteiger partial charge in [-0.1, -0.05) is 36.4 Å². The average molecular weight is 313 g/mol. The second-order valence-electron chi connectivity index (χ2n) is 5.74. The molecule has 3 heteroatoms. The molecular formula is C19H23NOS. The van der Waals surface area contributed by atoms with Crippen LogP contribution in [0.25, 0.3) is 0 Å². The van der Waals surface area contributed by atoms with E-state index in [0.717, 1.165) is 17.3 Å². The molecule has 0 aliphatic heterocycles. The number of nitrogens with zero attached hydrogens (tertiary/aromatic N) is 1. The van der Waals surface area contributed by atoms with Gasteiger partial charge >= 0.3 is 0 Å². The van der Waals surface area contributed by atoms with Crippen molar-refractivity contribution in [3.8, 4) is 0 Å². The lowest BCUT2D eigenvalue weighted by atomic mass is 9.86. The van der Waals surface area contributed by atoms with Crippen LogP contribution in [-0.4, -0.2) is 11.7 Å². The predicted molar refractivity (Wildman–Crippen MR) is 95.5 cm³/mol. The predicted octanol–water partition coefficient (Wildman–Crippen LogP) is 5.85. The molecule has 0 heterocycles. The Morgan fingerprint density at radius 1 is 1.27 bits per heavy atom. The van der Waals surface area contributed by atoms with Gasteiger partial charge in [-0.15, -0.1) is 0 Å². The van der Waals surface area contributed by atoms with E-state index in [1.165, 1.54) is 36.3 Å². The van der Waals surface area contributed by atoms with Gasteiger partial charge in [0.2, 0.25) is 0 Å². The Kier molecular flexibility index (Phi) is 5.04. The van der Waals surface area contributed by atoms with Crippen molar-refractivity contribution in [2.24, 2.45) is 10.9 Å². The number of hydrogen-bond acceptors (Lipinski definition) is 3. The van der Waals surface area contributed by atoms with Crippen LogP contribution >= 0.6 is 11.8 Å². The van der Waals surface area contributed by atoms with Gasteiger partial charge in [0, 0.05) is 10.8 Å². The van der Waals surface area contributed by atoms with Crippen LogP contribution in [0.5, 0.6) is 0 Å². The summed E-state index contributed by atoms with van der Waals surface area (Å²) in [5.74, 6) is 1.70. The zero-order chi connectivity index (χ0) is 15.4. The molecule has 2 aliphatic carbocycles. The molecule has 22 heavy (non-hydrogen) atoms. The summed E-state index contributed by atoms with van der Waals surface area (Å²) in [7, 11) is 0. The van der Waals surface area contributed by atoms with E-state index >= 15 is 0 Å². The number of benzene rings is 1. The molecule has 0 spiro atoms. The lowest BCUT2D eigenvalue weighted by Crippen LogP contribution is -2.11. The molecule has 0 bridgehead atoms. The van der Waals surface area contributed by atoms with E-state index in [4.69, 9.17) is 9.73 Å². The molecule has 0 amide bonds. The zero-order valence-electron chi connectivity index (χ0n) is 13.3. The van der Waals surface area contributed by atoms with Crippen molar-refractivity contribution >= 4 is 22.5 Å². The maximum Gasteiger partial charge on any atom is 0.104 e. The molecule has 0 saturated heterocycles. The molecule has 2 aliphatic rings. The van der Waals surface area contributed by atoms with E-state index in [1.807, 2.05) is 30.3 Å². The minimum Gasteiger partial charge on any atom is -0.498 e. The highest BCUT2D eigenvalue weighted by atomic mass is 32.2. The number of allylic oxidation sites excluding steroid dienone is 2. The van der Waals surface area contributed by atoms with Crippen molar-refractivity contribution < 1.29 is 4.74 Å². The van der Waals surface area contributed by atoms with Crippen molar-refractivity contribution in [3.05, 3.63) is 52.6 Å². The largest absolute Gasteiger partial charge is 0.498 e. The summed E-state index contributed by atoms with van der Waals surface area (Å²) in [6.45, 7) is 4.91. The quantitative estimate of drug-likeness (QED) is 0.514. The molecule has 1 unspecified atom stereocenters. The van der Waals surface area contributed by atoms with Crippen molar-refractivity contribution in [2.75, 3.05) is 6.61 Å². The standard InChI is InChI=1S/C19H23NOS/c1-3-21-18-13-19(17-12-8-7-11-16(17)18)22-14(2)20-15-9-5-4-6-10-15/h4-6,9-10,13,16H,3,7-8,11-12H2,1-2H3. The first-order chi connectivity index (χ1) is 10.8. The maximum atomic E-state index is 5.87. The highest BCUT2D eigenvalue weighted by molar-refractivity contribution is 8.17. The van der Waals surface area contributed by atoms with Crippen LogP contribution in [0.1, 0.15) is 39.5 Å². The molecule has 116 valence electrons. The van der Waals surface area contributed by atoms with Crippen LogP contribution in [0.3, 0.4) is 0 Å². The molecule has 3 rings (SSSR count). The average Bonchev–Trinajstić information content (AvgIpc) is 2.87. The summed E-state index contributed by atoms with van der Waals surface area (Å²) >= 11 is 1.79. The fraction of sp³-hybridized carbons (Fsp3) is 0.421. The monoisotopic (exact) mass is 313 g/mol. The molecule has 1 aromatic carbocycles. The number of aliphatic imine (C=N–C) groups is 1. The van der Waals surface area contributed by atoms with Gasteiger partial charge in [-0.05, 0) is 56.9 Å². The Hall–Kier alpha value is -1.48. The first-order valence-corrected chi connectivity index (χ1v) is 8.95. The first-order valence-electron chi connectivity index (χ1n) is 8.13. The molecule has 1 saturated carbocycles. The minimum absolute atomic E-state index is 0.528. The number of rotatable bonds is 4. The molecule has 1 atom stereocenters. The van der Waals surface area contributed by atoms with E-state index in [-0.39, 0.29) is 0 Å². The Bertz CT molecular complexity index is 616. The topological polar surface area (TPSA) is 21.6 Å². The number of hydrogen-bond donors (Lipinski definition) is 0.